The lowest BCUT2D eigenvalue weighted by molar-refractivity contribution is 0.112. The lowest BCUT2D eigenvalue weighted by atomic mass is 10.1. The highest BCUT2D eigenvalue weighted by atomic mass is 16.5. The summed E-state index contributed by atoms with van der Waals surface area (Å²) in [6.07, 6.45) is 4.37. The summed E-state index contributed by atoms with van der Waals surface area (Å²) in [5, 5.41) is 12.6. The van der Waals surface area contributed by atoms with E-state index in [2.05, 4.69) is 5.32 Å². The first kappa shape index (κ1) is 12.3. The summed E-state index contributed by atoms with van der Waals surface area (Å²) in [5.74, 6) is 0.178. The number of phenolic OH excluding ortho intramolecular Hbond substituents is 1. The number of aromatic hydroxyl groups is 1. The average molecular weight is 221 g/mol. The van der Waals surface area contributed by atoms with E-state index in [9.17, 15) is 9.90 Å². The Balaban J connectivity index is 3.07. The Morgan fingerprint density at radius 1 is 1.50 bits per heavy atom. The lowest BCUT2D eigenvalue weighted by Gasteiger charge is -2.06. The summed E-state index contributed by atoms with van der Waals surface area (Å²) < 4.78 is 4.98. The van der Waals surface area contributed by atoms with Crippen molar-refractivity contribution in [3.8, 4) is 11.5 Å². The SMILES string of the molecule is CNCC=Cc1cc(C=O)c(O)c(OC)c1. The summed E-state index contributed by atoms with van der Waals surface area (Å²) in [4.78, 5) is 10.7. The molecule has 0 aliphatic carbocycles. The van der Waals surface area contributed by atoms with Crippen molar-refractivity contribution >= 4 is 12.4 Å². The monoisotopic (exact) mass is 221 g/mol. The summed E-state index contributed by atoms with van der Waals surface area (Å²) in [6, 6.07) is 3.28. The third-order valence-electron chi connectivity index (χ3n) is 2.11. The standard InChI is InChI=1S/C12H15NO3/c1-13-5-3-4-9-6-10(8-14)12(15)11(7-9)16-2/h3-4,6-8,13,15H,5H2,1-2H3. The molecular weight excluding hydrogens is 206 g/mol. The number of carbonyl (C=O) groups excluding carboxylic acids is 1. The predicted molar refractivity (Wildman–Crippen MR) is 63.0 cm³/mol. The fourth-order valence-corrected chi connectivity index (χ4v) is 1.31. The van der Waals surface area contributed by atoms with Crippen LogP contribution in [0.3, 0.4) is 0 Å². The molecular formula is C12H15NO3. The van der Waals surface area contributed by atoms with Gasteiger partial charge in [-0.1, -0.05) is 12.2 Å². The van der Waals surface area contributed by atoms with Crippen molar-refractivity contribution in [3.63, 3.8) is 0 Å². The molecule has 0 atom stereocenters. The van der Waals surface area contributed by atoms with E-state index in [-0.39, 0.29) is 11.3 Å². The van der Waals surface area contributed by atoms with Crippen LogP contribution in [0.25, 0.3) is 6.08 Å². The molecule has 0 fully saturated rings. The number of aldehydes is 1. The lowest BCUT2D eigenvalue weighted by Crippen LogP contribution is -2.03. The second kappa shape index (κ2) is 5.92. The number of carbonyl (C=O) groups is 1. The zero-order valence-corrected chi connectivity index (χ0v) is 9.36. The Morgan fingerprint density at radius 2 is 2.25 bits per heavy atom. The largest absolute Gasteiger partial charge is 0.504 e. The minimum absolute atomic E-state index is 0.122. The van der Waals surface area contributed by atoms with E-state index in [1.165, 1.54) is 7.11 Å². The van der Waals surface area contributed by atoms with Gasteiger partial charge in [0, 0.05) is 6.54 Å². The summed E-state index contributed by atoms with van der Waals surface area (Å²) in [6.45, 7) is 0.736. The van der Waals surface area contributed by atoms with Crippen molar-refractivity contribution in [2.24, 2.45) is 0 Å². The number of likely N-dealkylation sites (N-methyl/N-ethyl adjacent to an activating group) is 1. The van der Waals surface area contributed by atoms with Crippen LogP contribution in [0.5, 0.6) is 11.5 Å². The minimum Gasteiger partial charge on any atom is -0.504 e. The van der Waals surface area contributed by atoms with Crippen molar-refractivity contribution in [1.29, 1.82) is 0 Å². The number of hydrogen-bond acceptors (Lipinski definition) is 4. The number of phenols is 1. The fourth-order valence-electron chi connectivity index (χ4n) is 1.31. The molecule has 0 heterocycles. The van der Waals surface area contributed by atoms with Gasteiger partial charge < -0.3 is 15.2 Å². The highest BCUT2D eigenvalue weighted by molar-refractivity contribution is 5.82. The van der Waals surface area contributed by atoms with Crippen LogP contribution in [-0.2, 0) is 0 Å². The minimum atomic E-state index is -0.122. The van der Waals surface area contributed by atoms with Crippen molar-refractivity contribution in [2.75, 3.05) is 20.7 Å². The molecule has 0 aromatic heterocycles. The van der Waals surface area contributed by atoms with E-state index in [0.717, 1.165) is 12.1 Å². The van der Waals surface area contributed by atoms with Gasteiger partial charge in [0.15, 0.2) is 17.8 Å². The predicted octanol–water partition coefficient (Wildman–Crippen LogP) is 1.45. The normalized spacial score (nSPS) is 10.6. The Bertz CT molecular complexity index is 399. The molecule has 0 aliphatic heterocycles. The number of ether oxygens (including phenoxy) is 1. The smallest absolute Gasteiger partial charge is 0.168 e. The number of rotatable bonds is 5. The van der Waals surface area contributed by atoms with Gasteiger partial charge in [-0.05, 0) is 24.7 Å². The molecule has 2 N–H and O–H groups in total. The van der Waals surface area contributed by atoms with Crippen molar-refractivity contribution in [3.05, 3.63) is 29.3 Å². The van der Waals surface area contributed by atoms with Gasteiger partial charge in [-0.3, -0.25) is 4.79 Å². The maximum atomic E-state index is 10.7. The first-order valence-electron chi connectivity index (χ1n) is 4.90. The van der Waals surface area contributed by atoms with E-state index in [1.54, 1.807) is 12.1 Å². The van der Waals surface area contributed by atoms with Crippen LogP contribution in [0.4, 0.5) is 0 Å². The van der Waals surface area contributed by atoms with E-state index >= 15 is 0 Å². The summed E-state index contributed by atoms with van der Waals surface area (Å²) in [7, 11) is 3.29. The molecule has 0 radical (unpaired) electrons. The van der Waals surface area contributed by atoms with Crippen LogP contribution in [0.15, 0.2) is 18.2 Å². The molecule has 0 amide bonds. The first-order chi connectivity index (χ1) is 7.72. The molecule has 0 spiro atoms. The van der Waals surface area contributed by atoms with Gasteiger partial charge >= 0.3 is 0 Å². The third-order valence-corrected chi connectivity index (χ3v) is 2.11. The van der Waals surface area contributed by atoms with Gasteiger partial charge in [0.1, 0.15) is 0 Å². The van der Waals surface area contributed by atoms with E-state index in [4.69, 9.17) is 4.74 Å². The quantitative estimate of drug-likeness (QED) is 0.739. The Hall–Kier alpha value is -1.81. The fraction of sp³-hybridized carbons (Fsp3) is 0.250. The van der Waals surface area contributed by atoms with Gasteiger partial charge in [0.25, 0.3) is 0 Å². The number of hydrogen-bond donors (Lipinski definition) is 2. The van der Waals surface area contributed by atoms with Crippen molar-refractivity contribution in [1.82, 2.24) is 5.32 Å². The number of methoxy groups -OCH3 is 1. The van der Waals surface area contributed by atoms with Gasteiger partial charge in [-0.25, -0.2) is 0 Å². The molecule has 4 nitrogen and oxygen atoms in total. The summed E-state index contributed by atoms with van der Waals surface area (Å²) >= 11 is 0. The maximum Gasteiger partial charge on any atom is 0.168 e. The van der Waals surface area contributed by atoms with Gasteiger partial charge in [-0.15, -0.1) is 0 Å². The Morgan fingerprint density at radius 3 is 2.81 bits per heavy atom. The van der Waals surface area contributed by atoms with E-state index < -0.39 is 0 Å². The molecule has 1 aromatic carbocycles. The van der Waals surface area contributed by atoms with Crippen LogP contribution in [0, 0.1) is 0 Å². The molecule has 0 saturated heterocycles. The molecule has 0 aliphatic rings. The van der Waals surface area contributed by atoms with E-state index in [0.29, 0.717) is 12.0 Å². The Kier molecular flexibility index (Phi) is 4.54. The van der Waals surface area contributed by atoms with Gasteiger partial charge in [0.05, 0.1) is 12.7 Å². The average Bonchev–Trinajstić information content (AvgIpc) is 2.31. The maximum absolute atomic E-state index is 10.7. The molecule has 16 heavy (non-hydrogen) atoms. The molecule has 1 rings (SSSR count). The van der Waals surface area contributed by atoms with Crippen LogP contribution in [-0.4, -0.2) is 32.1 Å². The van der Waals surface area contributed by atoms with Crippen LogP contribution < -0.4 is 10.1 Å². The molecule has 86 valence electrons. The zero-order chi connectivity index (χ0) is 12.0. The zero-order valence-electron chi connectivity index (χ0n) is 9.36. The molecule has 0 bridgehead atoms. The molecule has 0 saturated carbocycles. The van der Waals surface area contributed by atoms with Gasteiger partial charge in [0.2, 0.25) is 0 Å². The highest BCUT2D eigenvalue weighted by Crippen LogP contribution is 2.30. The topological polar surface area (TPSA) is 58.6 Å². The first-order valence-corrected chi connectivity index (χ1v) is 4.90. The molecule has 0 unspecified atom stereocenters. The summed E-state index contributed by atoms with van der Waals surface area (Å²) in [5.41, 5.74) is 1.04. The van der Waals surface area contributed by atoms with Crippen LogP contribution in [0.1, 0.15) is 15.9 Å². The van der Waals surface area contributed by atoms with Crippen molar-refractivity contribution < 1.29 is 14.6 Å². The van der Waals surface area contributed by atoms with Crippen LogP contribution in [0.2, 0.25) is 0 Å². The second-order valence-corrected chi connectivity index (χ2v) is 3.24. The van der Waals surface area contributed by atoms with E-state index in [1.807, 2.05) is 19.2 Å². The van der Waals surface area contributed by atoms with Crippen LogP contribution >= 0.6 is 0 Å². The highest BCUT2D eigenvalue weighted by Gasteiger charge is 2.08. The third kappa shape index (κ3) is 2.84. The Labute approximate surface area is 94.6 Å². The van der Waals surface area contributed by atoms with Gasteiger partial charge in [-0.2, -0.15) is 0 Å². The molecule has 1 aromatic rings. The molecule has 4 heteroatoms. The second-order valence-electron chi connectivity index (χ2n) is 3.24. The number of benzene rings is 1. The van der Waals surface area contributed by atoms with Crippen molar-refractivity contribution in [2.45, 2.75) is 0 Å². The number of nitrogens with one attached hydrogen (secondary N) is 1.